The van der Waals surface area contributed by atoms with Crippen LogP contribution in [-0.4, -0.2) is 59.3 Å². The first-order chi connectivity index (χ1) is 11.6. The summed E-state index contributed by atoms with van der Waals surface area (Å²) in [6.07, 6.45) is 2.50. The van der Waals surface area contributed by atoms with E-state index in [2.05, 4.69) is 38.8 Å². The van der Waals surface area contributed by atoms with E-state index in [1.807, 2.05) is 0 Å². The van der Waals surface area contributed by atoms with Gasteiger partial charge in [-0.25, -0.2) is 0 Å². The number of hydrogen-bond donors (Lipinski definition) is 1. The van der Waals surface area contributed by atoms with Gasteiger partial charge in [-0.05, 0) is 24.7 Å². The molecule has 2 heterocycles. The molecule has 1 aromatic heterocycles. The van der Waals surface area contributed by atoms with Crippen LogP contribution in [-0.2, 0) is 16.1 Å². The molecule has 1 aliphatic carbocycles. The Morgan fingerprint density at radius 2 is 2.08 bits per heavy atom. The van der Waals surface area contributed by atoms with Crippen molar-refractivity contribution in [2.24, 2.45) is 11.8 Å². The molecule has 7 nitrogen and oxygen atoms in total. The molecule has 0 atom stereocenters. The van der Waals surface area contributed by atoms with Crippen LogP contribution < -0.4 is 10.2 Å². The summed E-state index contributed by atoms with van der Waals surface area (Å²) in [5, 5.41) is 12.6. The van der Waals surface area contributed by atoms with Gasteiger partial charge in [0.15, 0.2) is 5.16 Å². The van der Waals surface area contributed by atoms with Gasteiger partial charge in [0, 0.05) is 26.2 Å². The number of morpholine rings is 1. The van der Waals surface area contributed by atoms with Crippen molar-refractivity contribution in [2.75, 3.05) is 43.5 Å². The Bertz CT molecular complexity index is 553. The largest absolute Gasteiger partial charge is 0.378 e. The fourth-order valence-electron chi connectivity index (χ4n) is 2.67. The number of thioether (sulfide) groups is 1. The highest BCUT2D eigenvalue weighted by molar-refractivity contribution is 7.99. The molecule has 1 aliphatic heterocycles. The maximum absolute atomic E-state index is 12.0. The van der Waals surface area contributed by atoms with E-state index in [9.17, 15) is 4.79 Å². The van der Waals surface area contributed by atoms with Gasteiger partial charge in [-0.15, -0.1) is 10.2 Å². The van der Waals surface area contributed by atoms with Crippen molar-refractivity contribution in [1.29, 1.82) is 0 Å². The van der Waals surface area contributed by atoms with E-state index in [-0.39, 0.29) is 5.91 Å². The van der Waals surface area contributed by atoms with E-state index in [4.69, 9.17) is 4.74 Å². The zero-order valence-corrected chi connectivity index (χ0v) is 15.3. The van der Waals surface area contributed by atoms with Crippen LogP contribution in [0.25, 0.3) is 0 Å². The normalized spacial score (nSPS) is 18.2. The molecule has 2 fully saturated rings. The molecule has 0 bridgehead atoms. The molecule has 0 aromatic carbocycles. The minimum atomic E-state index is 0.0823. The molecule has 0 radical (unpaired) electrons. The van der Waals surface area contributed by atoms with Gasteiger partial charge in [0.1, 0.15) is 0 Å². The molecular weight excluding hydrogens is 326 g/mol. The lowest BCUT2D eigenvalue weighted by molar-refractivity contribution is -0.118. The number of rotatable bonds is 8. The second kappa shape index (κ2) is 8.20. The lowest BCUT2D eigenvalue weighted by Gasteiger charge is -2.28. The zero-order chi connectivity index (χ0) is 16.9. The molecule has 1 N–H and O–H groups in total. The monoisotopic (exact) mass is 353 g/mol. The average molecular weight is 353 g/mol. The molecule has 0 spiro atoms. The summed E-state index contributed by atoms with van der Waals surface area (Å²) in [6, 6.07) is 0. The van der Waals surface area contributed by atoms with Gasteiger partial charge in [-0.3, -0.25) is 9.36 Å². The van der Waals surface area contributed by atoms with Crippen molar-refractivity contribution in [3.63, 3.8) is 0 Å². The lowest BCUT2D eigenvalue weighted by atomic mass is 10.2. The maximum atomic E-state index is 12.0. The third-order valence-electron chi connectivity index (χ3n) is 4.16. The summed E-state index contributed by atoms with van der Waals surface area (Å²) >= 11 is 1.47. The first-order valence-corrected chi connectivity index (χ1v) is 9.77. The van der Waals surface area contributed by atoms with Crippen molar-refractivity contribution in [3.05, 3.63) is 0 Å². The Labute approximate surface area is 147 Å². The van der Waals surface area contributed by atoms with Crippen molar-refractivity contribution >= 4 is 23.6 Å². The van der Waals surface area contributed by atoms with Crippen molar-refractivity contribution in [2.45, 2.75) is 38.4 Å². The third-order valence-corrected chi connectivity index (χ3v) is 5.12. The molecular formula is C16H27N5O2S. The standard InChI is InChI=1S/C16H27N5O2S/c1-12(2)10-21-15(20-5-7-23-8-6-20)18-19-16(21)24-11-14(22)17-9-13-3-4-13/h12-13H,3-11H2,1-2H3,(H,17,22). The Morgan fingerprint density at radius 1 is 1.33 bits per heavy atom. The van der Waals surface area contributed by atoms with E-state index in [1.54, 1.807) is 0 Å². The van der Waals surface area contributed by atoms with E-state index < -0.39 is 0 Å². The third kappa shape index (κ3) is 4.86. The summed E-state index contributed by atoms with van der Waals surface area (Å²) in [5.74, 6) is 2.57. The van der Waals surface area contributed by atoms with E-state index in [0.717, 1.165) is 50.5 Å². The number of carbonyl (C=O) groups is 1. The van der Waals surface area contributed by atoms with Crippen LogP contribution in [0.1, 0.15) is 26.7 Å². The quantitative estimate of drug-likeness (QED) is 0.712. The highest BCUT2D eigenvalue weighted by Gasteiger charge is 2.23. The van der Waals surface area contributed by atoms with Crippen LogP contribution in [0.2, 0.25) is 0 Å². The number of amides is 1. The molecule has 1 aromatic rings. The minimum absolute atomic E-state index is 0.0823. The Hall–Kier alpha value is -1.28. The predicted molar refractivity (Wildman–Crippen MR) is 94.3 cm³/mol. The molecule has 1 saturated heterocycles. The number of aromatic nitrogens is 3. The molecule has 1 amide bonds. The van der Waals surface area contributed by atoms with Gasteiger partial charge in [0.25, 0.3) is 0 Å². The topological polar surface area (TPSA) is 72.3 Å². The number of carbonyl (C=O) groups excluding carboxylic acids is 1. The van der Waals surface area contributed by atoms with Gasteiger partial charge < -0.3 is 15.0 Å². The molecule has 2 aliphatic rings. The number of anilines is 1. The second-order valence-corrected chi connectivity index (χ2v) is 7.87. The van der Waals surface area contributed by atoms with Gasteiger partial charge >= 0.3 is 0 Å². The van der Waals surface area contributed by atoms with Crippen LogP contribution in [0, 0.1) is 11.8 Å². The molecule has 134 valence electrons. The van der Waals surface area contributed by atoms with Crippen LogP contribution in [0.3, 0.4) is 0 Å². The molecule has 3 rings (SSSR count). The minimum Gasteiger partial charge on any atom is -0.378 e. The van der Waals surface area contributed by atoms with E-state index >= 15 is 0 Å². The van der Waals surface area contributed by atoms with Gasteiger partial charge in [-0.2, -0.15) is 0 Å². The van der Waals surface area contributed by atoms with Gasteiger partial charge in [0.2, 0.25) is 11.9 Å². The Kier molecular flexibility index (Phi) is 5.99. The zero-order valence-electron chi connectivity index (χ0n) is 14.5. The second-order valence-electron chi connectivity index (χ2n) is 6.92. The molecule has 24 heavy (non-hydrogen) atoms. The summed E-state index contributed by atoms with van der Waals surface area (Å²) in [4.78, 5) is 14.2. The predicted octanol–water partition coefficient (Wildman–Crippen LogP) is 1.39. The summed E-state index contributed by atoms with van der Waals surface area (Å²) in [6.45, 7) is 9.15. The van der Waals surface area contributed by atoms with Crippen LogP contribution in [0.4, 0.5) is 5.95 Å². The molecule has 8 heteroatoms. The highest BCUT2D eigenvalue weighted by Crippen LogP contribution is 2.28. The van der Waals surface area contributed by atoms with E-state index in [0.29, 0.717) is 17.6 Å². The van der Waals surface area contributed by atoms with Crippen molar-refractivity contribution in [3.8, 4) is 0 Å². The molecule has 1 saturated carbocycles. The summed E-state index contributed by atoms with van der Waals surface area (Å²) in [5.41, 5.74) is 0. The van der Waals surface area contributed by atoms with Gasteiger partial charge in [0.05, 0.1) is 19.0 Å². The number of ether oxygens (including phenoxy) is 1. The number of nitrogens with one attached hydrogen (secondary N) is 1. The van der Waals surface area contributed by atoms with E-state index in [1.165, 1.54) is 24.6 Å². The fraction of sp³-hybridized carbons (Fsp3) is 0.812. The first-order valence-electron chi connectivity index (χ1n) is 8.79. The summed E-state index contributed by atoms with van der Waals surface area (Å²) in [7, 11) is 0. The van der Waals surface area contributed by atoms with Crippen molar-refractivity contribution in [1.82, 2.24) is 20.1 Å². The van der Waals surface area contributed by atoms with Gasteiger partial charge in [-0.1, -0.05) is 25.6 Å². The number of hydrogen-bond acceptors (Lipinski definition) is 6. The summed E-state index contributed by atoms with van der Waals surface area (Å²) < 4.78 is 7.57. The fourth-order valence-corrected chi connectivity index (χ4v) is 3.44. The molecule has 0 unspecified atom stereocenters. The Morgan fingerprint density at radius 3 is 2.75 bits per heavy atom. The first kappa shape index (κ1) is 17.5. The lowest BCUT2D eigenvalue weighted by Crippen LogP contribution is -2.38. The Balaban J connectivity index is 1.62. The average Bonchev–Trinajstić information content (AvgIpc) is 3.32. The highest BCUT2D eigenvalue weighted by atomic mass is 32.2. The number of nitrogens with zero attached hydrogens (tertiary/aromatic N) is 4. The smallest absolute Gasteiger partial charge is 0.230 e. The SMILES string of the molecule is CC(C)Cn1c(SCC(=O)NCC2CC2)nnc1N1CCOCC1. The van der Waals surface area contributed by atoms with Crippen LogP contribution >= 0.6 is 11.8 Å². The van der Waals surface area contributed by atoms with Crippen molar-refractivity contribution < 1.29 is 9.53 Å². The van der Waals surface area contributed by atoms with Crippen LogP contribution in [0.5, 0.6) is 0 Å². The van der Waals surface area contributed by atoms with Crippen LogP contribution in [0.15, 0.2) is 5.16 Å². The maximum Gasteiger partial charge on any atom is 0.230 e.